The molecule has 2 heterocycles. The molecule has 3 rings (SSSR count). The molecule has 0 saturated carbocycles. The van der Waals surface area contributed by atoms with E-state index in [1.165, 1.54) is 11.0 Å². The summed E-state index contributed by atoms with van der Waals surface area (Å²) in [4.78, 5) is 27.1. The predicted octanol–water partition coefficient (Wildman–Crippen LogP) is 1.33. The maximum Gasteiger partial charge on any atom is 0.414 e. The molecule has 0 aromatic heterocycles. The summed E-state index contributed by atoms with van der Waals surface area (Å²) in [6.07, 6.45) is -0.968. The molecule has 142 valence electrons. The van der Waals surface area contributed by atoms with Gasteiger partial charge in [0, 0.05) is 32.1 Å². The van der Waals surface area contributed by atoms with Crippen molar-refractivity contribution in [3.8, 4) is 0 Å². The number of anilines is 2. The standard InChI is InChI=1S/C18H25FN4O3/c1-12(2)17(24)21-10-14-11-23(18(25)26-14)13-3-4-16(15(19)9-13)22-7-5-20-6-8-22/h3-4,9,12,14,20H,5-8,10-11H2,1-2H3,(H,21,24)/t14-/m0/s1. The van der Waals surface area contributed by atoms with Gasteiger partial charge < -0.3 is 20.3 Å². The zero-order valence-electron chi connectivity index (χ0n) is 15.1. The molecule has 2 aliphatic rings. The number of amides is 2. The van der Waals surface area contributed by atoms with Crippen LogP contribution in [0.3, 0.4) is 0 Å². The molecule has 1 aromatic rings. The Morgan fingerprint density at radius 3 is 2.77 bits per heavy atom. The van der Waals surface area contributed by atoms with E-state index >= 15 is 0 Å². The minimum Gasteiger partial charge on any atom is -0.442 e. The summed E-state index contributed by atoms with van der Waals surface area (Å²) in [6.45, 7) is 7.27. The first-order valence-corrected chi connectivity index (χ1v) is 8.97. The van der Waals surface area contributed by atoms with Crippen LogP contribution < -0.4 is 20.4 Å². The molecule has 0 radical (unpaired) electrons. The number of nitrogens with zero attached hydrogens (tertiary/aromatic N) is 2. The van der Waals surface area contributed by atoms with Crippen molar-refractivity contribution in [2.24, 2.45) is 5.92 Å². The fraction of sp³-hybridized carbons (Fsp3) is 0.556. The van der Waals surface area contributed by atoms with Gasteiger partial charge in [-0.1, -0.05) is 13.8 Å². The Kier molecular flexibility index (Phi) is 5.61. The number of halogens is 1. The van der Waals surface area contributed by atoms with Gasteiger partial charge in [-0.15, -0.1) is 0 Å². The summed E-state index contributed by atoms with van der Waals surface area (Å²) in [7, 11) is 0. The lowest BCUT2D eigenvalue weighted by atomic mass is 10.2. The number of hydrogen-bond acceptors (Lipinski definition) is 5. The lowest BCUT2D eigenvalue weighted by Gasteiger charge is -2.30. The van der Waals surface area contributed by atoms with Crippen LogP contribution in [0.4, 0.5) is 20.6 Å². The van der Waals surface area contributed by atoms with E-state index in [9.17, 15) is 14.0 Å². The third kappa shape index (κ3) is 4.07. The van der Waals surface area contributed by atoms with Crippen molar-refractivity contribution in [1.82, 2.24) is 10.6 Å². The number of hydrogen-bond donors (Lipinski definition) is 2. The summed E-state index contributed by atoms with van der Waals surface area (Å²) in [5.41, 5.74) is 1.01. The van der Waals surface area contributed by atoms with Gasteiger partial charge in [-0.25, -0.2) is 9.18 Å². The molecule has 2 N–H and O–H groups in total. The lowest BCUT2D eigenvalue weighted by molar-refractivity contribution is -0.124. The van der Waals surface area contributed by atoms with Crippen molar-refractivity contribution in [3.05, 3.63) is 24.0 Å². The number of nitrogens with one attached hydrogen (secondary N) is 2. The van der Waals surface area contributed by atoms with Gasteiger partial charge in [-0.3, -0.25) is 9.69 Å². The van der Waals surface area contributed by atoms with Crippen LogP contribution in [0.2, 0.25) is 0 Å². The van der Waals surface area contributed by atoms with E-state index in [4.69, 9.17) is 4.74 Å². The molecule has 0 unspecified atom stereocenters. The maximum atomic E-state index is 14.6. The topological polar surface area (TPSA) is 73.9 Å². The molecule has 0 bridgehead atoms. The molecule has 0 spiro atoms. The Labute approximate surface area is 152 Å². The van der Waals surface area contributed by atoms with Crippen LogP contribution in [0.15, 0.2) is 18.2 Å². The summed E-state index contributed by atoms with van der Waals surface area (Å²) in [6, 6.07) is 4.81. The van der Waals surface area contributed by atoms with Crippen LogP contribution in [0.25, 0.3) is 0 Å². The SMILES string of the molecule is CC(C)C(=O)NC[C@H]1CN(c2ccc(N3CCNCC3)c(F)c2)C(=O)O1. The highest BCUT2D eigenvalue weighted by molar-refractivity contribution is 5.90. The molecule has 1 atom stereocenters. The van der Waals surface area contributed by atoms with Crippen LogP contribution in [-0.4, -0.2) is 57.4 Å². The largest absolute Gasteiger partial charge is 0.442 e. The van der Waals surface area contributed by atoms with E-state index in [1.807, 2.05) is 4.90 Å². The predicted molar refractivity (Wildman–Crippen MR) is 96.9 cm³/mol. The van der Waals surface area contributed by atoms with Gasteiger partial charge in [0.1, 0.15) is 11.9 Å². The van der Waals surface area contributed by atoms with Crippen molar-refractivity contribution in [2.75, 3.05) is 49.1 Å². The van der Waals surface area contributed by atoms with Gasteiger partial charge in [0.15, 0.2) is 0 Å². The highest BCUT2D eigenvalue weighted by Crippen LogP contribution is 2.28. The lowest BCUT2D eigenvalue weighted by Crippen LogP contribution is -2.43. The van der Waals surface area contributed by atoms with Gasteiger partial charge in [0.25, 0.3) is 0 Å². The average Bonchev–Trinajstić information content (AvgIpc) is 3.01. The minimum atomic E-state index is -0.525. The first-order chi connectivity index (χ1) is 12.5. The van der Waals surface area contributed by atoms with Crippen molar-refractivity contribution < 1.29 is 18.7 Å². The number of piperazine rings is 1. The Morgan fingerprint density at radius 2 is 2.12 bits per heavy atom. The first kappa shape index (κ1) is 18.4. The van der Waals surface area contributed by atoms with E-state index < -0.39 is 12.2 Å². The second-order valence-electron chi connectivity index (χ2n) is 6.89. The first-order valence-electron chi connectivity index (χ1n) is 8.97. The van der Waals surface area contributed by atoms with Crippen molar-refractivity contribution >= 4 is 23.4 Å². The highest BCUT2D eigenvalue weighted by atomic mass is 19.1. The quantitative estimate of drug-likeness (QED) is 0.825. The fourth-order valence-corrected chi connectivity index (χ4v) is 3.08. The second kappa shape index (κ2) is 7.90. The van der Waals surface area contributed by atoms with Crippen LogP contribution >= 0.6 is 0 Å². The Bertz CT molecular complexity index is 676. The number of rotatable bonds is 5. The number of cyclic esters (lactones) is 1. The molecule has 7 nitrogen and oxygen atoms in total. The summed E-state index contributed by atoms with van der Waals surface area (Å²) in [5, 5.41) is 5.98. The molecule has 1 aromatic carbocycles. The van der Waals surface area contributed by atoms with Crippen molar-refractivity contribution in [1.29, 1.82) is 0 Å². The smallest absolute Gasteiger partial charge is 0.414 e. The molecule has 26 heavy (non-hydrogen) atoms. The van der Waals surface area contributed by atoms with E-state index in [0.717, 1.165) is 26.2 Å². The zero-order chi connectivity index (χ0) is 18.7. The van der Waals surface area contributed by atoms with Crippen LogP contribution in [0.1, 0.15) is 13.8 Å². The molecular weight excluding hydrogens is 339 g/mol. The van der Waals surface area contributed by atoms with E-state index in [-0.39, 0.29) is 30.7 Å². The molecule has 2 amide bonds. The van der Waals surface area contributed by atoms with Crippen LogP contribution in [0.5, 0.6) is 0 Å². The zero-order valence-corrected chi connectivity index (χ0v) is 15.1. The molecule has 2 aliphatic heterocycles. The second-order valence-corrected chi connectivity index (χ2v) is 6.89. The van der Waals surface area contributed by atoms with Gasteiger partial charge in [-0.2, -0.15) is 0 Å². The highest BCUT2D eigenvalue weighted by Gasteiger charge is 2.33. The van der Waals surface area contributed by atoms with E-state index in [1.54, 1.807) is 26.0 Å². The normalized spacial score (nSPS) is 20.5. The molecule has 0 aliphatic carbocycles. The Hall–Kier alpha value is -2.35. The third-order valence-electron chi connectivity index (χ3n) is 4.60. The number of carbonyl (C=O) groups excluding carboxylic acids is 2. The fourth-order valence-electron chi connectivity index (χ4n) is 3.08. The van der Waals surface area contributed by atoms with Crippen molar-refractivity contribution in [3.63, 3.8) is 0 Å². The van der Waals surface area contributed by atoms with Gasteiger partial charge in [0.05, 0.1) is 24.5 Å². The Morgan fingerprint density at radius 1 is 1.38 bits per heavy atom. The number of carbonyl (C=O) groups is 2. The summed E-state index contributed by atoms with van der Waals surface area (Å²) in [5.74, 6) is -0.575. The molecule has 2 saturated heterocycles. The van der Waals surface area contributed by atoms with E-state index in [2.05, 4.69) is 10.6 Å². The van der Waals surface area contributed by atoms with E-state index in [0.29, 0.717) is 11.4 Å². The van der Waals surface area contributed by atoms with Gasteiger partial charge in [0.2, 0.25) is 5.91 Å². The average molecular weight is 364 g/mol. The Balaban J connectivity index is 1.64. The number of ether oxygens (including phenoxy) is 1. The van der Waals surface area contributed by atoms with Crippen LogP contribution in [-0.2, 0) is 9.53 Å². The van der Waals surface area contributed by atoms with Gasteiger partial charge in [-0.05, 0) is 18.2 Å². The summed E-state index contributed by atoms with van der Waals surface area (Å²) < 4.78 is 19.8. The van der Waals surface area contributed by atoms with Crippen LogP contribution in [0, 0.1) is 11.7 Å². The summed E-state index contributed by atoms with van der Waals surface area (Å²) >= 11 is 0. The molecular formula is C18H25FN4O3. The maximum absolute atomic E-state index is 14.6. The number of benzene rings is 1. The van der Waals surface area contributed by atoms with Gasteiger partial charge >= 0.3 is 6.09 Å². The van der Waals surface area contributed by atoms with Crippen molar-refractivity contribution in [2.45, 2.75) is 20.0 Å². The molecule has 2 fully saturated rings. The minimum absolute atomic E-state index is 0.0917. The monoisotopic (exact) mass is 364 g/mol. The third-order valence-corrected chi connectivity index (χ3v) is 4.60. The molecule has 8 heteroatoms.